The van der Waals surface area contributed by atoms with Crippen LogP contribution in [0.2, 0.25) is 10.0 Å². The normalized spacial score (nSPS) is 18.7. The van der Waals surface area contributed by atoms with E-state index in [0.29, 0.717) is 6.42 Å². The van der Waals surface area contributed by atoms with E-state index < -0.39 is 41.6 Å². The minimum atomic E-state index is -2.53. The van der Waals surface area contributed by atoms with Gasteiger partial charge in [0, 0.05) is 5.02 Å². The number of hydrogen-bond donors (Lipinski definition) is 0. The SMILES string of the molecule is CCCCCCCCCCC(C(=O)C(F)C(=O)OCC)C1Oc2c(Cl)cc(Cl)cc2C(=O)C1C#N. The van der Waals surface area contributed by atoms with E-state index in [2.05, 4.69) is 11.7 Å². The van der Waals surface area contributed by atoms with Crippen LogP contribution in [0, 0.1) is 23.2 Å². The van der Waals surface area contributed by atoms with Gasteiger partial charge in [-0.05, 0) is 25.5 Å². The summed E-state index contributed by atoms with van der Waals surface area (Å²) in [7, 11) is 0. The molecule has 0 radical (unpaired) electrons. The fraction of sp³-hybridized carbons (Fsp3) is 0.615. The summed E-state index contributed by atoms with van der Waals surface area (Å²) in [5.41, 5.74) is 0.0331. The summed E-state index contributed by atoms with van der Waals surface area (Å²) in [6.07, 6.45) is 4.32. The van der Waals surface area contributed by atoms with Crippen molar-refractivity contribution in [2.45, 2.75) is 83.9 Å². The third-order valence-electron chi connectivity index (χ3n) is 6.15. The molecule has 0 saturated carbocycles. The van der Waals surface area contributed by atoms with Crippen LogP contribution in [0.4, 0.5) is 4.39 Å². The molecule has 4 atom stereocenters. The van der Waals surface area contributed by atoms with Gasteiger partial charge in [0.15, 0.2) is 11.6 Å². The summed E-state index contributed by atoms with van der Waals surface area (Å²) in [4.78, 5) is 38.1. The predicted octanol–water partition coefficient (Wildman–Crippen LogP) is 6.69. The van der Waals surface area contributed by atoms with E-state index in [4.69, 9.17) is 27.9 Å². The van der Waals surface area contributed by atoms with Crippen molar-refractivity contribution >= 4 is 40.7 Å². The molecule has 1 aliphatic heterocycles. The second-order valence-corrected chi connectivity index (χ2v) is 9.55. The summed E-state index contributed by atoms with van der Waals surface area (Å²) < 4.78 is 25.4. The summed E-state index contributed by atoms with van der Waals surface area (Å²) in [6, 6.07) is 4.62. The second kappa shape index (κ2) is 14.4. The lowest BCUT2D eigenvalue weighted by Crippen LogP contribution is -2.48. The average molecular weight is 528 g/mol. The number of nitriles is 1. The summed E-state index contributed by atoms with van der Waals surface area (Å²) >= 11 is 12.2. The Balaban J connectivity index is 2.25. The summed E-state index contributed by atoms with van der Waals surface area (Å²) in [5, 5.41) is 9.99. The maximum Gasteiger partial charge on any atom is 0.348 e. The minimum Gasteiger partial charge on any atom is -0.485 e. The molecule has 6 nitrogen and oxygen atoms in total. The molecule has 0 amide bonds. The standard InChI is InChI=1S/C26H32Cl2FNO5/c1-3-5-6-7-8-9-10-11-12-17(23(32)21(29)26(33)34-4-2)24-19(15-30)22(31)18-13-16(27)14-20(28)25(18)35-24/h13-14,17,19,21,24H,3-12H2,1-2H3. The van der Waals surface area contributed by atoms with Crippen LogP contribution in [-0.4, -0.2) is 36.4 Å². The maximum atomic E-state index is 14.8. The number of benzene rings is 1. The number of hydrogen-bond acceptors (Lipinski definition) is 6. The van der Waals surface area contributed by atoms with E-state index in [-0.39, 0.29) is 34.4 Å². The van der Waals surface area contributed by atoms with E-state index in [1.165, 1.54) is 31.9 Å². The van der Waals surface area contributed by atoms with Crippen molar-refractivity contribution < 1.29 is 28.2 Å². The van der Waals surface area contributed by atoms with Crippen molar-refractivity contribution in [1.29, 1.82) is 5.26 Å². The molecule has 35 heavy (non-hydrogen) atoms. The first-order valence-corrected chi connectivity index (χ1v) is 13.0. The fourth-order valence-corrected chi connectivity index (χ4v) is 4.85. The van der Waals surface area contributed by atoms with Crippen molar-refractivity contribution in [1.82, 2.24) is 0 Å². The van der Waals surface area contributed by atoms with Gasteiger partial charge >= 0.3 is 5.97 Å². The van der Waals surface area contributed by atoms with Gasteiger partial charge in [-0.25, -0.2) is 9.18 Å². The Morgan fingerprint density at radius 3 is 2.34 bits per heavy atom. The lowest BCUT2D eigenvalue weighted by Gasteiger charge is -2.34. The van der Waals surface area contributed by atoms with E-state index in [0.717, 1.165) is 32.1 Å². The molecule has 0 aromatic heterocycles. The monoisotopic (exact) mass is 527 g/mol. The molecular formula is C26H32Cl2FNO5. The lowest BCUT2D eigenvalue weighted by atomic mass is 9.78. The molecule has 192 valence electrons. The number of unbranched alkanes of at least 4 members (excludes halogenated alkanes) is 7. The number of carbonyl (C=O) groups excluding carboxylic acids is 3. The number of alkyl halides is 1. The number of esters is 1. The van der Waals surface area contributed by atoms with Crippen LogP contribution >= 0.6 is 23.2 Å². The number of carbonyl (C=O) groups is 3. The first-order valence-electron chi connectivity index (χ1n) is 12.2. The first kappa shape index (κ1) is 29.1. The first-order chi connectivity index (χ1) is 16.8. The quantitative estimate of drug-likeness (QED) is 0.152. The highest BCUT2D eigenvalue weighted by atomic mass is 35.5. The molecule has 0 N–H and O–H groups in total. The topological polar surface area (TPSA) is 93.5 Å². The van der Waals surface area contributed by atoms with Crippen LogP contribution in [0.5, 0.6) is 5.75 Å². The number of ether oxygens (including phenoxy) is 2. The number of fused-ring (bicyclic) bond motifs is 1. The van der Waals surface area contributed by atoms with Crippen molar-refractivity contribution in [2.24, 2.45) is 11.8 Å². The molecule has 1 aliphatic rings. The number of ketones is 2. The fourth-order valence-electron chi connectivity index (χ4n) is 4.32. The van der Waals surface area contributed by atoms with Crippen molar-refractivity contribution in [3.63, 3.8) is 0 Å². The Morgan fingerprint density at radius 1 is 1.11 bits per heavy atom. The van der Waals surface area contributed by atoms with Crippen LogP contribution < -0.4 is 4.74 Å². The number of rotatable bonds is 14. The molecule has 0 spiro atoms. The van der Waals surface area contributed by atoms with E-state index in [1.54, 1.807) is 0 Å². The van der Waals surface area contributed by atoms with E-state index in [1.807, 2.05) is 6.07 Å². The molecular weight excluding hydrogens is 496 g/mol. The van der Waals surface area contributed by atoms with Gasteiger partial charge in [0.05, 0.1) is 29.2 Å². The van der Waals surface area contributed by atoms with Crippen LogP contribution in [0.15, 0.2) is 12.1 Å². The maximum absolute atomic E-state index is 14.8. The van der Waals surface area contributed by atoms with Gasteiger partial charge in [-0.1, -0.05) is 81.5 Å². The van der Waals surface area contributed by atoms with Crippen molar-refractivity contribution in [3.8, 4) is 11.8 Å². The van der Waals surface area contributed by atoms with Crippen molar-refractivity contribution in [2.75, 3.05) is 6.61 Å². The zero-order chi connectivity index (χ0) is 26.0. The van der Waals surface area contributed by atoms with Gasteiger partial charge in [0.2, 0.25) is 0 Å². The zero-order valence-electron chi connectivity index (χ0n) is 20.2. The van der Waals surface area contributed by atoms with Gasteiger partial charge in [-0.3, -0.25) is 9.59 Å². The van der Waals surface area contributed by atoms with Crippen LogP contribution in [0.25, 0.3) is 0 Å². The van der Waals surface area contributed by atoms with E-state index >= 15 is 0 Å². The number of nitrogens with zero attached hydrogens (tertiary/aromatic N) is 1. The largest absolute Gasteiger partial charge is 0.485 e. The van der Waals surface area contributed by atoms with Crippen LogP contribution in [0.1, 0.15) is 82.0 Å². The Kier molecular flexibility index (Phi) is 12.0. The van der Waals surface area contributed by atoms with Gasteiger partial charge in [-0.2, -0.15) is 5.26 Å². The molecule has 0 aliphatic carbocycles. The second-order valence-electron chi connectivity index (χ2n) is 8.70. The minimum absolute atomic E-state index is 0.00201. The van der Waals surface area contributed by atoms with Gasteiger partial charge in [0.25, 0.3) is 6.17 Å². The molecule has 0 fully saturated rings. The highest BCUT2D eigenvalue weighted by Gasteiger charge is 2.47. The smallest absolute Gasteiger partial charge is 0.348 e. The summed E-state index contributed by atoms with van der Waals surface area (Å²) in [6.45, 7) is 3.57. The Morgan fingerprint density at radius 2 is 1.74 bits per heavy atom. The van der Waals surface area contributed by atoms with Gasteiger partial charge in [0.1, 0.15) is 17.8 Å². The van der Waals surface area contributed by atoms with E-state index in [9.17, 15) is 24.0 Å². The van der Waals surface area contributed by atoms with Crippen LogP contribution in [-0.2, 0) is 14.3 Å². The number of Topliss-reactive ketones (excluding diaryl/α,β-unsaturated/α-hetero) is 2. The molecule has 2 rings (SSSR count). The third-order valence-corrected chi connectivity index (χ3v) is 6.65. The predicted molar refractivity (Wildman–Crippen MR) is 132 cm³/mol. The zero-order valence-corrected chi connectivity index (χ0v) is 21.7. The molecule has 1 aromatic rings. The summed E-state index contributed by atoms with van der Waals surface area (Å²) in [5.74, 6) is -5.55. The van der Waals surface area contributed by atoms with Gasteiger partial charge in [-0.15, -0.1) is 0 Å². The molecule has 0 bridgehead atoms. The Labute approximate surface area is 216 Å². The highest BCUT2D eigenvalue weighted by Crippen LogP contribution is 2.41. The third kappa shape index (κ3) is 7.65. The highest BCUT2D eigenvalue weighted by molar-refractivity contribution is 6.36. The molecule has 4 unspecified atom stereocenters. The lowest BCUT2D eigenvalue weighted by molar-refractivity contribution is -0.155. The molecule has 1 heterocycles. The molecule has 0 saturated heterocycles. The van der Waals surface area contributed by atoms with Gasteiger partial charge < -0.3 is 9.47 Å². The van der Waals surface area contributed by atoms with Crippen LogP contribution in [0.3, 0.4) is 0 Å². The van der Waals surface area contributed by atoms with Crippen molar-refractivity contribution in [3.05, 3.63) is 27.7 Å². The average Bonchev–Trinajstić information content (AvgIpc) is 2.83. The Bertz CT molecular complexity index is 948. The molecule has 9 heteroatoms. The number of halogens is 3. The molecule has 1 aromatic carbocycles. The Hall–Kier alpha value is -2.17.